The van der Waals surface area contributed by atoms with Crippen LogP contribution in [0.2, 0.25) is 0 Å². The maximum Gasteiger partial charge on any atom is 0.0165 e. The number of likely N-dealkylation sites (tertiary alicyclic amines) is 1. The van der Waals surface area contributed by atoms with E-state index in [1.807, 2.05) is 0 Å². The van der Waals surface area contributed by atoms with E-state index in [0.29, 0.717) is 0 Å². The topological polar surface area (TPSA) is 15.3 Å². The predicted molar refractivity (Wildman–Crippen MR) is 74.2 cm³/mol. The number of nitrogens with one attached hydrogen (secondary N) is 1. The summed E-state index contributed by atoms with van der Waals surface area (Å²) in [4.78, 5) is 2.58. The van der Waals surface area contributed by atoms with Gasteiger partial charge in [0.05, 0.1) is 0 Å². The molecule has 1 aliphatic heterocycles. The standard InChI is InChI=1S/C15H28N2/c1-12(2)6-9-17-10-7-15(8-11-17)16-13(3)14-4-5-14/h6,13-16H,4-5,7-11H2,1-3H3. The monoisotopic (exact) mass is 236 g/mol. The summed E-state index contributed by atoms with van der Waals surface area (Å²) in [5.41, 5.74) is 1.44. The van der Waals surface area contributed by atoms with Gasteiger partial charge in [0.1, 0.15) is 0 Å². The van der Waals surface area contributed by atoms with Crippen molar-refractivity contribution in [1.29, 1.82) is 0 Å². The van der Waals surface area contributed by atoms with Crippen LogP contribution in [0.4, 0.5) is 0 Å². The van der Waals surface area contributed by atoms with Gasteiger partial charge in [-0.15, -0.1) is 0 Å². The lowest BCUT2D eigenvalue weighted by molar-refractivity contribution is 0.205. The fourth-order valence-electron chi connectivity index (χ4n) is 2.70. The minimum atomic E-state index is 0.754. The maximum absolute atomic E-state index is 3.82. The van der Waals surface area contributed by atoms with Crippen LogP contribution in [-0.4, -0.2) is 36.6 Å². The van der Waals surface area contributed by atoms with Crippen LogP contribution in [-0.2, 0) is 0 Å². The minimum absolute atomic E-state index is 0.754. The lowest BCUT2D eigenvalue weighted by atomic mass is 10.0. The van der Waals surface area contributed by atoms with E-state index in [0.717, 1.165) is 24.5 Å². The van der Waals surface area contributed by atoms with Gasteiger partial charge in [0.15, 0.2) is 0 Å². The average Bonchev–Trinajstić information content (AvgIpc) is 3.12. The summed E-state index contributed by atoms with van der Waals surface area (Å²) in [6, 6.07) is 1.53. The molecule has 1 aliphatic carbocycles. The summed E-state index contributed by atoms with van der Waals surface area (Å²) in [5.74, 6) is 0.985. The maximum atomic E-state index is 3.82. The predicted octanol–water partition coefficient (Wildman–Crippen LogP) is 2.81. The second kappa shape index (κ2) is 6.01. The van der Waals surface area contributed by atoms with Crippen molar-refractivity contribution in [2.45, 2.75) is 58.5 Å². The molecule has 2 aliphatic rings. The van der Waals surface area contributed by atoms with Crippen molar-refractivity contribution in [1.82, 2.24) is 10.2 Å². The second-order valence-electron chi connectivity index (χ2n) is 6.15. The van der Waals surface area contributed by atoms with E-state index in [-0.39, 0.29) is 0 Å². The highest BCUT2D eigenvalue weighted by Gasteiger charge is 2.30. The third-order valence-electron chi connectivity index (χ3n) is 4.17. The van der Waals surface area contributed by atoms with Crippen LogP contribution in [0.25, 0.3) is 0 Å². The molecular formula is C15H28N2. The van der Waals surface area contributed by atoms with Gasteiger partial charge in [-0.3, -0.25) is 4.90 Å². The molecule has 2 heteroatoms. The van der Waals surface area contributed by atoms with Gasteiger partial charge in [-0.05, 0) is 65.5 Å². The van der Waals surface area contributed by atoms with Crippen LogP contribution in [0.3, 0.4) is 0 Å². The molecule has 0 aromatic heterocycles. The number of rotatable bonds is 5. The first-order chi connectivity index (χ1) is 8.15. The van der Waals surface area contributed by atoms with E-state index < -0.39 is 0 Å². The first-order valence-corrected chi connectivity index (χ1v) is 7.27. The highest BCUT2D eigenvalue weighted by Crippen LogP contribution is 2.32. The van der Waals surface area contributed by atoms with E-state index in [1.165, 1.54) is 44.3 Å². The van der Waals surface area contributed by atoms with Crippen LogP contribution in [0.1, 0.15) is 46.5 Å². The van der Waals surface area contributed by atoms with Gasteiger partial charge < -0.3 is 5.32 Å². The number of nitrogens with zero attached hydrogens (tertiary/aromatic N) is 1. The fourth-order valence-corrected chi connectivity index (χ4v) is 2.70. The van der Waals surface area contributed by atoms with E-state index >= 15 is 0 Å². The van der Waals surface area contributed by atoms with Gasteiger partial charge in [-0.25, -0.2) is 0 Å². The Bertz CT molecular complexity index is 256. The Morgan fingerprint density at radius 3 is 2.41 bits per heavy atom. The summed E-state index contributed by atoms with van der Waals surface area (Å²) >= 11 is 0. The molecule has 0 radical (unpaired) electrons. The van der Waals surface area contributed by atoms with E-state index in [2.05, 4.69) is 37.1 Å². The molecule has 98 valence electrons. The molecule has 1 heterocycles. The Hall–Kier alpha value is -0.340. The average molecular weight is 236 g/mol. The third-order valence-corrected chi connectivity index (χ3v) is 4.17. The third kappa shape index (κ3) is 4.44. The molecule has 2 rings (SSSR count). The number of piperidine rings is 1. The lowest BCUT2D eigenvalue weighted by Gasteiger charge is -2.33. The van der Waals surface area contributed by atoms with Crippen molar-refractivity contribution in [3.63, 3.8) is 0 Å². The number of allylic oxidation sites excluding steroid dienone is 1. The molecule has 1 saturated heterocycles. The zero-order valence-electron chi connectivity index (χ0n) is 11.7. The summed E-state index contributed by atoms with van der Waals surface area (Å²) in [6.07, 6.45) is 7.91. The Kier molecular flexibility index (Phi) is 4.63. The Morgan fingerprint density at radius 2 is 1.88 bits per heavy atom. The summed E-state index contributed by atoms with van der Waals surface area (Å²) in [6.45, 7) is 10.4. The lowest BCUT2D eigenvalue weighted by Crippen LogP contribution is -2.46. The smallest absolute Gasteiger partial charge is 0.0165 e. The van der Waals surface area contributed by atoms with Crippen molar-refractivity contribution in [3.05, 3.63) is 11.6 Å². The molecule has 0 aromatic rings. The molecule has 0 aromatic carbocycles. The van der Waals surface area contributed by atoms with Crippen molar-refractivity contribution in [2.24, 2.45) is 5.92 Å². The highest BCUT2D eigenvalue weighted by atomic mass is 15.1. The minimum Gasteiger partial charge on any atom is -0.311 e. The molecule has 1 unspecified atom stereocenters. The molecule has 2 nitrogen and oxygen atoms in total. The molecule has 0 bridgehead atoms. The van der Waals surface area contributed by atoms with Gasteiger partial charge in [-0.1, -0.05) is 11.6 Å². The van der Waals surface area contributed by atoms with Crippen LogP contribution >= 0.6 is 0 Å². The summed E-state index contributed by atoms with van der Waals surface area (Å²) in [5, 5.41) is 3.82. The molecule has 0 amide bonds. The second-order valence-corrected chi connectivity index (χ2v) is 6.15. The molecule has 17 heavy (non-hydrogen) atoms. The zero-order chi connectivity index (χ0) is 12.3. The van der Waals surface area contributed by atoms with Crippen LogP contribution in [0.5, 0.6) is 0 Å². The first kappa shape index (κ1) is 13.1. The summed E-state index contributed by atoms with van der Waals surface area (Å²) < 4.78 is 0. The first-order valence-electron chi connectivity index (χ1n) is 7.27. The summed E-state index contributed by atoms with van der Waals surface area (Å²) in [7, 11) is 0. The van der Waals surface area contributed by atoms with Gasteiger partial charge in [0.2, 0.25) is 0 Å². The van der Waals surface area contributed by atoms with Crippen molar-refractivity contribution in [2.75, 3.05) is 19.6 Å². The van der Waals surface area contributed by atoms with E-state index in [1.54, 1.807) is 0 Å². The van der Waals surface area contributed by atoms with Gasteiger partial charge in [-0.2, -0.15) is 0 Å². The Morgan fingerprint density at radius 1 is 1.24 bits per heavy atom. The largest absolute Gasteiger partial charge is 0.311 e. The normalized spacial score (nSPS) is 24.6. The van der Waals surface area contributed by atoms with Crippen molar-refractivity contribution in [3.8, 4) is 0 Å². The molecule has 1 saturated carbocycles. The van der Waals surface area contributed by atoms with E-state index in [9.17, 15) is 0 Å². The number of hydrogen-bond acceptors (Lipinski definition) is 2. The Labute approximate surface area is 106 Å². The zero-order valence-corrected chi connectivity index (χ0v) is 11.7. The molecule has 1 N–H and O–H groups in total. The SMILES string of the molecule is CC(C)=CCN1CCC(NC(C)C2CC2)CC1. The van der Waals surface area contributed by atoms with Gasteiger partial charge >= 0.3 is 0 Å². The van der Waals surface area contributed by atoms with Crippen molar-refractivity contribution < 1.29 is 0 Å². The van der Waals surface area contributed by atoms with Crippen LogP contribution in [0.15, 0.2) is 11.6 Å². The number of hydrogen-bond donors (Lipinski definition) is 1. The molecule has 0 spiro atoms. The van der Waals surface area contributed by atoms with E-state index in [4.69, 9.17) is 0 Å². The fraction of sp³-hybridized carbons (Fsp3) is 0.867. The molecular weight excluding hydrogens is 208 g/mol. The Balaban J connectivity index is 1.65. The quantitative estimate of drug-likeness (QED) is 0.738. The van der Waals surface area contributed by atoms with Gasteiger partial charge in [0.25, 0.3) is 0 Å². The van der Waals surface area contributed by atoms with Crippen LogP contribution < -0.4 is 5.32 Å². The van der Waals surface area contributed by atoms with Crippen LogP contribution in [0, 0.1) is 5.92 Å². The molecule has 1 atom stereocenters. The van der Waals surface area contributed by atoms with Crippen molar-refractivity contribution >= 4 is 0 Å². The van der Waals surface area contributed by atoms with Gasteiger partial charge in [0, 0.05) is 18.6 Å². The highest BCUT2D eigenvalue weighted by molar-refractivity contribution is 4.96. The molecule has 2 fully saturated rings.